The molecule has 15 heavy (non-hydrogen) atoms. The first-order valence-electron chi connectivity index (χ1n) is 4.50. The Labute approximate surface area is 90.5 Å². The molecule has 0 spiro atoms. The average Bonchev–Trinajstić information content (AvgIpc) is 2.17. The second kappa shape index (κ2) is 7.97. The van der Waals surface area contributed by atoms with Crippen LogP contribution in [0, 0.1) is 0 Å². The van der Waals surface area contributed by atoms with Crippen molar-refractivity contribution in [3.05, 3.63) is 0 Å². The molecule has 0 aromatic carbocycles. The summed E-state index contributed by atoms with van der Waals surface area (Å²) in [4.78, 5) is 0. The molecule has 0 aromatic rings. The number of ether oxygens (including phenoxy) is 2. The molecule has 0 aliphatic carbocycles. The highest BCUT2D eigenvalue weighted by Gasteiger charge is 2.15. The minimum absolute atomic E-state index is 0.180. The van der Waals surface area contributed by atoms with Crippen LogP contribution in [0.2, 0.25) is 0 Å². The van der Waals surface area contributed by atoms with E-state index < -0.39 is 16.3 Å². The normalized spacial score (nSPS) is 14.1. The van der Waals surface area contributed by atoms with Crippen molar-refractivity contribution in [1.82, 2.24) is 9.44 Å². The monoisotopic (exact) mass is 241 g/mol. The molecule has 0 amide bonds. The third-order valence-corrected chi connectivity index (χ3v) is 2.80. The highest BCUT2D eigenvalue weighted by atomic mass is 32.2. The van der Waals surface area contributed by atoms with Crippen molar-refractivity contribution in [3.8, 4) is 0 Å². The molecule has 0 saturated heterocycles. The van der Waals surface area contributed by atoms with Crippen molar-refractivity contribution in [2.45, 2.75) is 6.04 Å². The maximum atomic E-state index is 11.4. The third-order valence-electron chi connectivity index (χ3n) is 1.57. The fraction of sp³-hybridized carbons (Fsp3) is 1.00. The van der Waals surface area contributed by atoms with Gasteiger partial charge in [0, 0.05) is 27.3 Å². The molecular weight excluding hydrogens is 222 g/mol. The van der Waals surface area contributed by atoms with Gasteiger partial charge < -0.3 is 15.2 Å². The first-order chi connectivity index (χ1) is 7.05. The minimum atomic E-state index is -3.53. The first-order valence-corrected chi connectivity index (χ1v) is 5.99. The van der Waals surface area contributed by atoms with E-state index >= 15 is 0 Å². The van der Waals surface area contributed by atoms with Crippen LogP contribution < -0.4 is 15.2 Å². The molecule has 0 saturated carbocycles. The molecule has 0 bridgehead atoms. The van der Waals surface area contributed by atoms with Crippen molar-refractivity contribution in [1.29, 1.82) is 0 Å². The van der Waals surface area contributed by atoms with Crippen LogP contribution in [-0.4, -0.2) is 55.0 Å². The van der Waals surface area contributed by atoms with Crippen molar-refractivity contribution < 1.29 is 17.9 Å². The van der Waals surface area contributed by atoms with Gasteiger partial charge in [-0.15, -0.1) is 0 Å². The van der Waals surface area contributed by atoms with E-state index in [2.05, 4.69) is 9.44 Å². The highest BCUT2D eigenvalue weighted by molar-refractivity contribution is 7.87. The zero-order valence-corrected chi connectivity index (χ0v) is 9.84. The maximum absolute atomic E-state index is 11.4. The Morgan fingerprint density at radius 3 is 2.47 bits per heavy atom. The topological polar surface area (TPSA) is 103 Å². The molecule has 0 fully saturated rings. The molecule has 0 radical (unpaired) electrons. The second-order valence-electron chi connectivity index (χ2n) is 2.90. The molecular formula is C7H19N3O4S. The fourth-order valence-corrected chi connectivity index (χ4v) is 1.93. The van der Waals surface area contributed by atoms with Crippen LogP contribution >= 0.6 is 0 Å². The lowest BCUT2D eigenvalue weighted by atomic mass is 10.3. The van der Waals surface area contributed by atoms with Gasteiger partial charge in [-0.2, -0.15) is 17.9 Å². The maximum Gasteiger partial charge on any atom is 0.277 e. The highest BCUT2D eigenvalue weighted by Crippen LogP contribution is 1.86. The molecule has 0 rings (SSSR count). The number of nitrogens with two attached hydrogens (primary N) is 1. The van der Waals surface area contributed by atoms with Gasteiger partial charge in [-0.3, -0.25) is 0 Å². The van der Waals surface area contributed by atoms with Gasteiger partial charge in [-0.05, 0) is 0 Å². The van der Waals surface area contributed by atoms with Crippen LogP contribution in [0.15, 0.2) is 0 Å². The Hall–Kier alpha value is -0.250. The molecule has 0 aliphatic rings. The van der Waals surface area contributed by atoms with Gasteiger partial charge in [0.05, 0.1) is 19.3 Å². The van der Waals surface area contributed by atoms with Crippen LogP contribution in [0.25, 0.3) is 0 Å². The van der Waals surface area contributed by atoms with E-state index in [0.29, 0.717) is 6.61 Å². The molecule has 0 heterocycles. The smallest absolute Gasteiger partial charge is 0.277 e. The molecule has 1 atom stereocenters. The van der Waals surface area contributed by atoms with Gasteiger partial charge in [-0.1, -0.05) is 0 Å². The molecule has 92 valence electrons. The molecule has 4 N–H and O–H groups in total. The van der Waals surface area contributed by atoms with Crippen LogP contribution in [0.5, 0.6) is 0 Å². The summed E-state index contributed by atoms with van der Waals surface area (Å²) in [6.07, 6.45) is 0. The fourth-order valence-electron chi connectivity index (χ4n) is 0.891. The largest absolute Gasteiger partial charge is 0.383 e. The van der Waals surface area contributed by atoms with E-state index in [1.54, 1.807) is 0 Å². The van der Waals surface area contributed by atoms with Crippen molar-refractivity contribution in [2.24, 2.45) is 5.73 Å². The van der Waals surface area contributed by atoms with E-state index in [4.69, 9.17) is 15.2 Å². The van der Waals surface area contributed by atoms with E-state index in [1.165, 1.54) is 14.2 Å². The summed E-state index contributed by atoms with van der Waals surface area (Å²) >= 11 is 0. The van der Waals surface area contributed by atoms with E-state index in [-0.39, 0.29) is 19.7 Å². The number of methoxy groups -OCH3 is 2. The van der Waals surface area contributed by atoms with Crippen LogP contribution in [0.4, 0.5) is 0 Å². The molecule has 7 nitrogen and oxygen atoms in total. The summed E-state index contributed by atoms with van der Waals surface area (Å²) in [6, 6.07) is -0.421. The van der Waals surface area contributed by atoms with Gasteiger partial charge in [0.25, 0.3) is 10.2 Å². The average molecular weight is 241 g/mol. The van der Waals surface area contributed by atoms with Crippen molar-refractivity contribution >= 4 is 10.2 Å². The van der Waals surface area contributed by atoms with Crippen LogP contribution in [0.1, 0.15) is 0 Å². The third kappa shape index (κ3) is 7.65. The molecule has 0 aromatic heterocycles. The van der Waals surface area contributed by atoms with Gasteiger partial charge in [-0.25, -0.2) is 0 Å². The Bertz CT molecular complexity index is 245. The number of rotatable bonds is 9. The van der Waals surface area contributed by atoms with Gasteiger partial charge in [0.2, 0.25) is 0 Å². The Balaban J connectivity index is 3.99. The van der Waals surface area contributed by atoms with Gasteiger partial charge in [0.1, 0.15) is 0 Å². The van der Waals surface area contributed by atoms with E-state index in [1.807, 2.05) is 0 Å². The van der Waals surface area contributed by atoms with E-state index in [9.17, 15) is 8.42 Å². The lowest BCUT2D eigenvalue weighted by Gasteiger charge is -2.16. The molecule has 0 aliphatic heterocycles. The predicted octanol–water partition coefficient (Wildman–Crippen LogP) is -1.97. The summed E-state index contributed by atoms with van der Waals surface area (Å²) in [5.41, 5.74) is 5.36. The Morgan fingerprint density at radius 2 is 2.00 bits per heavy atom. The van der Waals surface area contributed by atoms with Gasteiger partial charge >= 0.3 is 0 Å². The standard InChI is InChI=1S/C7H19N3O4S/c1-13-4-3-9-15(11,12)10-7(5-8)6-14-2/h7,9-10H,3-6,8H2,1-2H3. The SMILES string of the molecule is COCCNS(=O)(=O)NC(CN)COC. The van der Waals surface area contributed by atoms with Crippen LogP contribution in [0.3, 0.4) is 0 Å². The quantitative estimate of drug-likeness (QED) is 0.406. The lowest BCUT2D eigenvalue weighted by molar-refractivity contribution is 0.176. The first kappa shape index (κ1) is 14.8. The van der Waals surface area contributed by atoms with Gasteiger partial charge in [0.15, 0.2) is 0 Å². The number of nitrogens with one attached hydrogen (secondary N) is 2. The van der Waals surface area contributed by atoms with Crippen molar-refractivity contribution in [3.63, 3.8) is 0 Å². The summed E-state index contributed by atoms with van der Waals surface area (Å²) in [7, 11) is -0.551. The zero-order chi connectivity index (χ0) is 11.7. The number of hydrogen-bond donors (Lipinski definition) is 3. The molecule has 1 unspecified atom stereocenters. The summed E-state index contributed by atoms with van der Waals surface area (Å²) < 4.78 is 36.9. The molecule has 8 heteroatoms. The Kier molecular flexibility index (Phi) is 7.83. The predicted molar refractivity (Wildman–Crippen MR) is 56.7 cm³/mol. The summed E-state index contributed by atoms with van der Waals surface area (Å²) in [5, 5.41) is 0. The second-order valence-corrected chi connectivity index (χ2v) is 4.43. The zero-order valence-electron chi connectivity index (χ0n) is 9.02. The minimum Gasteiger partial charge on any atom is -0.383 e. The van der Waals surface area contributed by atoms with Crippen LogP contribution in [-0.2, 0) is 19.7 Å². The number of hydrogen-bond acceptors (Lipinski definition) is 5. The summed E-state index contributed by atoms with van der Waals surface area (Å²) in [5.74, 6) is 0. The summed E-state index contributed by atoms with van der Waals surface area (Å²) in [6.45, 7) is 0.954. The Morgan fingerprint density at radius 1 is 1.33 bits per heavy atom. The van der Waals surface area contributed by atoms with E-state index in [0.717, 1.165) is 0 Å². The lowest BCUT2D eigenvalue weighted by Crippen LogP contribution is -2.48. The van der Waals surface area contributed by atoms with Crippen molar-refractivity contribution in [2.75, 3.05) is 40.5 Å².